The molecule has 2 N–H and O–H groups in total. The average Bonchev–Trinajstić information content (AvgIpc) is 3.00. The maximum Gasteiger partial charge on any atom is 0.222 e. The van der Waals surface area contributed by atoms with Crippen LogP contribution in [-0.4, -0.2) is 19.0 Å². The zero-order chi connectivity index (χ0) is 15.1. The van der Waals surface area contributed by atoms with Crippen LogP contribution in [0.25, 0.3) is 0 Å². The van der Waals surface area contributed by atoms with Crippen molar-refractivity contribution in [3.8, 4) is 0 Å². The van der Waals surface area contributed by atoms with Gasteiger partial charge in [-0.2, -0.15) is 0 Å². The Morgan fingerprint density at radius 3 is 2.67 bits per heavy atom. The summed E-state index contributed by atoms with van der Waals surface area (Å²) in [6.45, 7) is 3.51. The number of carbonyl (C=O) groups excluding carboxylic acids is 1. The minimum Gasteiger partial charge on any atom is -0.344 e. The molecular formula is C16H19FN2OS. The molecule has 1 heterocycles. The quantitative estimate of drug-likeness (QED) is 0.772. The van der Waals surface area contributed by atoms with Crippen LogP contribution >= 0.6 is 11.3 Å². The molecule has 0 spiro atoms. The summed E-state index contributed by atoms with van der Waals surface area (Å²) >= 11 is 1.58. The first kappa shape index (κ1) is 15.7. The maximum absolute atomic E-state index is 13.1. The van der Waals surface area contributed by atoms with E-state index >= 15 is 0 Å². The highest BCUT2D eigenvalue weighted by Gasteiger charge is 2.17. The molecule has 1 amide bonds. The molecule has 0 aliphatic heterocycles. The normalized spacial score (nSPS) is 12.1. The molecule has 2 rings (SSSR count). The number of hydrogen-bond acceptors (Lipinski definition) is 3. The third-order valence-electron chi connectivity index (χ3n) is 3.12. The first-order valence-electron chi connectivity index (χ1n) is 6.99. The van der Waals surface area contributed by atoms with Gasteiger partial charge in [-0.05, 0) is 35.7 Å². The van der Waals surface area contributed by atoms with Crippen LogP contribution in [-0.2, 0) is 4.79 Å². The first-order valence-corrected chi connectivity index (χ1v) is 7.87. The lowest BCUT2D eigenvalue weighted by molar-refractivity contribution is -0.121. The standard InChI is InChI=1S/C16H19FN2OS/c1-2-18-10-9-15(20)19-16(14-4-3-11-21-14)12-5-7-13(17)8-6-12/h3-8,11,16,18H,2,9-10H2,1H3,(H,19,20). The fourth-order valence-corrected chi connectivity index (χ4v) is 2.84. The lowest BCUT2D eigenvalue weighted by atomic mass is 10.1. The fraction of sp³-hybridized carbons (Fsp3) is 0.312. The fourth-order valence-electron chi connectivity index (χ4n) is 2.04. The van der Waals surface area contributed by atoms with Gasteiger partial charge in [0.2, 0.25) is 5.91 Å². The van der Waals surface area contributed by atoms with Crippen molar-refractivity contribution in [3.05, 3.63) is 58.0 Å². The van der Waals surface area contributed by atoms with Gasteiger partial charge >= 0.3 is 0 Å². The highest BCUT2D eigenvalue weighted by atomic mass is 32.1. The second-order valence-electron chi connectivity index (χ2n) is 4.67. The van der Waals surface area contributed by atoms with Gasteiger partial charge < -0.3 is 10.6 Å². The molecule has 21 heavy (non-hydrogen) atoms. The van der Waals surface area contributed by atoms with E-state index in [2.05, 4.69) is 10.6 Å². The highest BCUT2D eigenvalue weighted by Crippen LogP contribution is 2.26. The average molecular weight is 306 g/mol. The minimum absolute atomic E-state index is 0.0151. The van der Waals surface area contributed by atoms with Crippen molar-refractivity contribution in [3.63, 3.8) is 0 Å². The van der Waals surface area contributed by atoms with Crippen LogP contribution in [0.2, 0.25) is 0 Å². The van der Waals surface area contributed by atoms with Crippen molar-refractivity contribution in [2.75, 3.05) is 13.1 Å². The van der Waals surface area contributed by atoms with Gasteiger partial charge in [-0.3, -0.25) is 4.79 Å². The van der Waals surface area contributed by atoms with E-state index in [-0.39, 0.29) is 17.8 Å². The summed E-state index contributed by atoms with van der Waals surface area (Å²) in [5.74, 6) is -0.291. The smallest absolute Gasteiger partial charge is 0.222 e. The lowest BCUT2D eigenvalue weighted by Crippen LogP contribution is -2.31. The molecule has 3 nitrogen and oxygen atoms in total. The van der Waals surface area contributed by atoms with Gasteiger partial charge in [-0.15, -0.1) is 11.3 Å². The van der Waals surface area contributed by atoms with E-state index in [4.69, 9.17) is 0 Å². The number of nitrogens with one attached hydrogen (secondary N) is 2. The predicted octanol–water partition coefficient (Wildman–Crippen LogP) is 3.09. The highest BCUT2D eigenvalue weighted by molar-refractivity contribution is 7.10. The van der Waals surface area contributed by atoms with Crippen LogP contribution in [0.15, 0.2) is 41.8 Å². The molecule has 0 saturated carbocycles. The Morgan fingerprint density at radius 1 is 1.29 bits per heavy atom. The summed E-state index contributed by atoms with van der Waals surface area (Å²) < 4.78 is 13.1. The SMILES string of the molecule is CCNCCC(=O)NC(c1ccc(F)cc1)c1cccs1. The zero-order valence-electron chi connectivity index (χ0n) is 11.9. The third-order valence-corrected chi connectivity index (χ3v) is 4.05. The minimum atomic E-state index is -0.276. The molecular weight excluding hydrogens is 287 g/mol. The van der Waals surface area contributed by atoms with Gasteiger partial charge in [-0.1, -0.05) is 25.1 Å². The molecule has 0 aliphatic rings. The topological polar surface area (TPSA) is 41.1 Å². The van der Waals surface area contributed by atoms with Crippen LogP contribution in [0.1, 0.15) is 29.8 Å². The van der Waals surface area contributed by atoms with Gasteiger partial charge in [0.25, 0.3) is 0 Å². The molecule has 0 bridgehead atoms. The van der Waals surface area contributed by atoms with Gasteiger partial charge in [0.1, 0.15) is 5.82 Å². The first-order chi connectivity index (χ1) is 10.2. The van der Waals surface area contributed by atoms with Crippen molar-refractivity contribution < 1.29 is 9.18 Å². The molecule has 0 fully saturated rings. The number of thiophene rings is 1. The van der Waals surface area contributed by atoms with Crippen molar-refractivity contribution in [1.29, 1.82) is 0 Å². The van der Waals surface area contributed by atoms with E-state index < -0.39 is 0 Å². The van der Waals surface area contributed by atoms with E-state index in [1.807, 2.05) is 24.4 Å². The van der Waals surface area contributed by atoms with Crippen LogP contribution in [0.3, 0.4) is 0 Å². The predicted molar refractivity (Wildman–Crippen MR) is 83.9 cm³/mol. The van der Waals surface area contributed by atoms with E-state index in [9.17, 15) is 9.18 Å². The van der Waals surface area contributed by atoms with Gasteiger partial charge in [0.15, 0.2) is 0 Å². The Hall–Kier alpha value is -1.72. The Kier molecular flexibility index (Phi) is 5.90. The number of hydrogen-bond donors (Lipinski definition) is 2. The van der Waals surface area contributed by atoms with Crippen molar-refractivity contribution in [2.24, 2.45) is 0 Å². The van der Waals surface area contributed by atoms with Crippen LogP contribution in [0.5, 0.6) is 0 Å². The Labute approximate surface area is 128 Å². The largest absolute Gasteiger partial charge is 0.344 e. The van der Waals surface area contributed by atoms with Gasteiger partial charge in [0.05, 0.1) is 6.04 Å². The van der Waals surface area contributed by atoms with E-state index in [1.165, 1.54) is 12.1 Å². The molecule has 0 aliphatic carbocycles. The number of amides is 1. The molecule has 0 saturated heterocycles. The van der Waals surface area contributed by atoms with Crippen LogP contribution in [0.4, 0.5) is 4.39 Å². The second-order valence-corrected chi connectivity index (χ2v) is 5.65. The Morgan fingerprint density at radius 2 is 2.05 bits per heavy atom. The maximum atomic E-state index is 13.1. The Bertz CT molecular complexity index is 554. The van der Waals surface area contributed by atoms with Crippen LogP contribution < -0.4 is 10.6 Å². The molecule has 2 aromatic rings. The molecule has 5 heteroatoms. The molecule has 112 valence electrons. The number of halogens is 1. The number of benzene rings is 1. The molecule has 1 unspecified atom stereocenters. The molecule has 0 radical (unpaired) electrons. The second kappa shape index (κ2) is 7.90. The molecule has 1 atom stereocenters. The summed E-state index contributed by atoms with van der Waals surface area (Å²) in [6, 6.07) is 9.96. The lowest BCUT2D eigenvalue weighted by Gasteiger charge is -2.18. The van der Waals surface area contributed by atoms with Crippen molar-refractivity contribution >= 4 is 17.2 Å². The summed E-state index contributed by atoms with van der Waals surface area (Å²) in [6.07, 6.45) is 0.427. The van der Waals surface area contributed by atoms with E-state index in [0.717, 1.165) is 17.0 Å². The van der Waals surface area contributed by atoms with Crippen molar-refractivity contribution in [1.82, 2.24) is 10.6 Å². The zero-order valence-corrected chi connectivity index (χ0v) is 12.8. The van der Waals surface area contributed by atoms with Crippen molar-refractivity contribution in [2.45, 2.75) is 19.4 Å². The van der Waals surface area contributed by atoms with E-state index in [1.54, 1.807) is 23.5 Å². The summed E-state index contributed by atoms with van der Waals surface area (Å²) in [4.78, 5) is 13.1. The monoisotopic (exact) mass is 306 g/mol. The van der Waals surface area contributed by atoms with Crippen LogP contribution in [0, 0.1) is 5.82 Å². The van der Waals surface area contributed by atoms with Gasteiger partial charge in [-0.25, -0.2) is 4.39 Å². The summed E-state index contributed by atoms with van der Waals surface area (Å²) in [5.41, 5.74) is 0.885. The Balaban J connectivity index is 2.10. The summed E-state index contributed by atoms with van der Waals surface area (Å²) in [7, 11) is 0. The molecule has 1 aromatic carbocycles. The molecule has 1 aromatic heterocycles. The summed E-state index contributed by atoms with van der Waals surface area (Å²) in [5, 5.41) is 8.12. The number of carbonyl (C=O) groups is 1. The number of rotatable bonds is 7. The third kappa shape index (κ3) is 4.65. The van der Waals surface area contributed by atoms with Gasteiger partial charge in [0, 0.05) is 17.8 Å². The van der Waals surface area contributed by atoms with E-state index in [0.29, 0.717) is 13.0 Å².